The normalized spacial score (nSPS) is 17.8. The molecule has 0 amide bonds. The van der Waals surface area contributed by atoms with Gasteiger partial charge in [0, 0.05) is 45.1 Å². The molecule has 3 rings (SSSR count). The fourth-order valence-corrected chi connectivity index (χ4v) is 3.89. The topological polar surface area (TPSA) is 57.5 Å². The average Bonchev–Trinajstić information content (AvgIpc) is 3.12. The van der Waals surface area contributed by atoms with Gasteiger partial charge in [0.25, 0.3) is 0 Å². The van der Waals surface area contributed by atoms with Gasteiger partial charge in [0.2, 0.25) is 0 Å². The van der Waals surface area contributed by atoms with Crippen molar-refractivity contribution < 1.29 is 0 Å². The molecule has 1 unspecified atom stereocenters. The Morgan fingerprint density at radius 2 is 2.18 bits per heavy atom. The lowest BCUT2D eigenvalue weighted by atomic mass is 10.0. The summed E-state index contributed by atoms with van der Waals surface area (Å²) >= 11 is 6.39. The molecule has 2 aromatic rings. The number of piperidine rings is 1. The van der Waals surface area contributed by atoms with E-state index >= 15 is 0 Å². The maximum Gasteiger partial charge on any atom is 0.191 e. The van der Waals surface area contributed by atoms with Crippen LogP contribution in [0.15, 0.2) is 41.7 Å². The zero-order valence-electron chi connectivity index (χ0n) is 17.0. The van der Waals surface area contributed by atoms with Crippen LogP contribution in [0.5, 0.6) is 0 Å². The number of aromatic nitrogens is 2. The third-order valence-corrected chi connectivity index (χ3v) is 5.28. The highest BCUT2D eigenvalue weighted by molar-refractivity contribution is 6.33. The molecule has 0 aliphatic carbocycles. The summed E-state index contributed by atoms with van der Waals surface area (Å²) in [4.78, 5) is 11.2. The molecule has 0 saturated carbocycles. The van der Waals surface area contributed by atoms with Gasteiger partial charge in [0.15, 0.2) is 5.96 Å². The summed E-state index contributed by atoms with van der Waals surface area (Å²) in [7, 11) is 1.81. The Bertz CT molecular complexity index is 785. The van der Waals surface area contributed by atoms with E-state index in [4.69, 9.17) is 11.6 Å². The lowest BCUT2D eigenvalue weighted by Crippen LogP contribution is -2.51. The molecule has 0 spiro atoms. The van der Waals surface area contributed by atoms with Crippen LogP contribution in [0.3, 0.4) is 0 Å². The molecule has 7 heteroatoms. The summed E-state index contributed by atoms with van der Waals surface area (Å²) in [5.74, 6) is 2.42. The van der Waals surface area contributed by atoms with E-state index in [1.165, 1.54) is 0 Å². The first-order valence-electron chi connectivity index (χ1n) is 10.0. The Morgan fingerprint density at radius 3 is 2.93 bits per heavy atom. The van der Waals surface area contributed by atoms with Crippen LogP contribution in [0, 0.1) is 5.92 Å². The molecule has 152 valence electrons. The third-order valence-electron chi connectivity index (χ3n) is 4.96. The average molecular weight is 403 g/mol. The summed E-state index contributed by atoms with van der Waals surface area (Å²) in [6.45, 7) is 7.99. The molecule has 28 heavy (non-hydrogen) atoms. The number of nitrogens with one attached hydrogen (secondary N) is 2. The van der Waals surface area contributed by atoms with Gasteiger partial charge in [-0.25, -0.2) is 4.98 Å². The maximum absolute atomic E-state index is 6.39. The van der Waals surface area contributed by atoms with E-state index in [0.29, 0.717) is 18.5 Å². The van der Waals surface area contributed by atoms with E-state index in [1.54, 1.807) is 0 Å². The lowest BCUT2D eigenvalue weighted by Gasteiger charge is -2.35. The van der Waals surface area contributed by atoms with Crippen molar-refractivity contribution in [3.8, 4) is 0 Å². The second kappa shape index (κ2) is 9.82. The molecule has 6 nitrogen and oxygen atoms in total. The largest absolute Gasteiger partial charge is 0.368 e. The molecule has 0 bridgehead atoms. The number of anilines is 1. The Morgan fingerprint density at radius 1 is 1.36 bits per heavy atom. The van der Waals surface area contributed by atoms with Gasteiger partial charge in [-0.3, -0.25) is 4.99 Å². The number of aliphatic imine (C=N–C) groups is 1. The number of hydrogen-bond acceptors (Lipinski definition) is 3. The van der Waals surface area contributed by atoms with Gasteiger partial charge in [0.05, 0.1) is 17.3 Å². The highest BCUT2D eigenvalue weighted by Gasteiger charge is 2.22. The lowest BCUT2D eigenvalue weighted by molar-refractivity contribution is 0.466. The standard InChI is InChI=1S/C21H31ClN6/c1-16(2)14-28-12-10-24-20(28)13-25-21(23-3)26-17-7-6-11-27(15-17)19-9-5-4-8-18(19)22/h4-5,8-10,12,16-17H,6-7,11,13-15H2,1-3H3,(H2,23,25,26). The molecule has 1 atom stereocenters. The smallest absolute Gasteiger partial charge is 0.191 e. The molecular weight excluding hydrogens is 372 g/mol. The maximum atomic E-state index is 6.39. The monoisotopic (exact) mass is 402 g/mol. The van der Waals surface area contributed by atoms with Crippen LogP contribution in [-0.4, -0.2) is 41.7 Å². The van der Waals surface area contributed by atoms with E-state index in [2.05, 4.69) is 50.0 Å². The fraction of sp³-hybridized carbons (Fsp3) is 0.524. The molecule has 2 heterocycles. The highest BCUT2D eigenvalue weighted by atomic mass is 35.5. The number of imidazole rings is 1. The Hall–Kier alpha value is -2.21. The number of benzene rings is 1. The summed E-state index contributed by atoms with van der Waals surface area (Å²) in [6, 6.07) is 8.38. The quantitative estimate of drug-likeness (QED) is 0.573. The van der Waals surface area contributed by atoms with Crippen molar-refractivity contribution in [1.82, 2.24) is 20.2 Å². The summed E-state index contributed by atoms with van der Waals surface area (Å²) in [5, 5.41) is 7.78. The summed E-state index contributed by atoms with van der Waals surface area (Å²) in [6.07, 6.45) is 6.14. The predicted molar refractivity (Wildman–Crippen MR) is 117 cm³/mol. The van der Waals surface area contributed by atoms with Crippen LogP contribution in [0.2, 0.25) is 5.02 Å². The predicted octanol–water partition coefficient (Wildman–Crippen LogP) is 3.53. The minimum atomic E-state index is 0.326. The first-order chi connectivity index (χ1) is 13.6. The second-order valence-corrected chi connectivity index (χ2v) is 8.10. The van der Waals surface area contributed by atoms with Crippen LogP contribution in [0.4, 0.5) is 5.69 Å². The van der Waals surface area contributed by atoms with Crippen molar-refractivity contribution in [3.05, 3.63) is 47.5 Å². The van der Waals surface area contributed by atoms with Crippen LogP contribution in [0.25, 0.3) is 0 Å². The van der Waals surface area contributed by atoms with E-state index in [-0.39, 0.29) is 0 Å². The molecule has 1 aromatic carbocycles. The van der Waals surface area contributed by atoms with Gasteiger partial charge in [0.1, 0.15) is 5.82 Å². The minimum absolute atomic E-state index is 0.326. The molecule has 0 radical (unpaired) electrons. The zero-order chi connectivity index (χ0) is 19.9. The first kappa shape index (κ1) is 20.5. The SMILES string of the molecule is CN=C(NCc1nccn1CC(C)C)NC1CCCN(c2ccccc2Cl)C1. The van der Waals surface area contributed by atoms with Crippen molar-refractivity contribution in [2.45, 2.75) is 45.8 Å². The Balaban J connectivity index is 1.56. The molecule has 2 N–H and O–H groups in total. The molecular formula is C21H31ClN6. The molecule has 1 aromatic heterocycles. The minimum Gasteiger partial charge on any atom is -0.368 e. The number of rotatable bonds is 6. The summed E-state index contributed by atoms with van der Waals surface area (Å²) < 4.78 is 2.20. The molecule has 1 aliphatic heterocycles. The van der Waals surface area contributed by atoms with Gasteiger partial charge < -0.3 is 20.1 Å². The van der Waals surface area contributed by atoms with E-state index in [0.717, 1.165) is 55.0 Å². The molecule has 1 saturated heterocycles. The Labute approximate surface area is 173 Å². The number of hydrogen-bond donors (Lipinski definition) is 2. The number of guanidine groups is 1. The third kappa shape index (κ3) is 5.41. The van der Waals surface area contributed by atoms with Crippen molar-refractivity contribution >= 4 is 23.2 Å². The first-order valence-corrected chi connectivity index (χ1v) is 10.4. The van der Waals surface area contributed by atoms with Gasteiger partial charge >= 0.3 is 0 Å². The number of halogens is 1. The van der Waals surface area contributed by atoms with Gasteiger partial charge in [-0.15, -0.1) is 0 Å². The van der Waals surface area contributed by atoms with Crippen molar-refractivity contribution in [2.24, 2.45) is 10.9 Å². The van der Waals surface area contributed by atoms with E-state index in [9.17, 15) is 0 Å². The Kier molecular flexibility index (Phi) is 7.20. The van der Waals surface area contributed by atoms with Crippen LogP contribution >= 0.6 is 11.6 Å². The van der Waals surface area contributed by atoms with Crippen molar-refractivity contribution in [1.29, 1.82) is 0 Å². The van der Waals surface area contributed by atoms with E-state index in [1.807, 2.05) is 37.6 Å². The van der Waals surface area contributed by atoms with Crippen LogP contribution in [-0.2, 0) is 13.1 Å². The molecule has 1 fully saturated rings. The number of para-hydroxylation sites is 1. The van der Waals surface area contributed by atoms with Gasteiger partial charge in [-0.05, 0) is 30.9 Å². The van der Waals surface area contributed by atoms with Crippen molar-refractivity contribution in [2.75, 3.05) is 25.0 Å². The second-order valence-electron chi connectivity index (χ2n) is 7.70. The highest BCUT2D eigenvalue weighted by Crippen LogP contribution is 2.27. The van der Waals surface area contributed by atoms with Crippen molar-refractivity contribution in [3.63, 3.8) is 0 Å². The number of nitrogens with zero attached hydrogens (tertiary/aromatic N) is 4. The van der Waals surface area contributed by atoms with E-state index < -0.39 is 0 Å². The van der Waals surface area contributed by atoms with Crippen LogP contribution in [0.1, 0.15) is 32.5 Å². The van der Waals surface area contributed by atoms with Gasteiger partial charge in [-0.1, -0.05) is 37.6 Å². The molecule has 1 aliphatic rings. The fourth-order valence-electron chi connectivity index (χ4n) is 3.64. The zero-order valence-corrected chi connectivity index (χ0v) is 17.8. The van der Waals surface area contributed by atoms with Crippen LogP contribution < -0.4 is 15.5 Å². The summed E-state index contributed by atoms with van der Waals surface area (Å²) in [5.41, 5.74) is 1.11. The van der Waals surface area contributed by atoms with Gasteiger partial charge in [-0.2, -0.15) is 0 Å².